The van der Waals surface area contributed by atoms with Crippen molar-refractivity contribution >= 4 is 11.9 Å². The van der Waals surface area contributed by atoms with Crippen LogP contribution in [0.25, 0.3) is 0 Å². The number of carbonyl (C=O) groups excluding carboxylic acids is 1. The smallest absolute Gasteiger partial charge is 0.303 e. The Hall–Kier alpha value is -2.63. The summed E-state index contributed by atoms with van der Waals surface area (Å²) in [5.41, 5.74) is 1.46. The molecule has 1 aromatic carbocycles. The van der Waals surface area contributed by atoms with Crippen molar-refractivity contribution in [3.05, 3.63) is 53.9 Å². The Labute approximate surface area is 153 Å². The molecular weight excluding hydrogens is 330 g/mol. The monoisotopic (exact) mass is 355 g/mol. The van der Waals surface area contributed by atoms with Gasteiger partial charge in [0.2, 0.25) is 0 Å². The maximum Gasteiger partial charge on any atom is 0.303 e. The molecule has 2 N–H and O–H groups in total. The molecule has 1 aliphatic carbocycles. The fraction of sp³-hybridized carbons (Fsp3) is 0.450. The number of nitrogens with zero attached hydrogens (tertiary/aromatic N) is 2. The van der Waals surface area contributed by atoms with E-state index in [2.05, 4.69) is 10.4 Å². The van der Waals surface area contributed by atoms with Crippen LogP contribution in [0, 0.1) is 0 Å². The number of carboxylic acid groups (broad SMARTS) is 1. The van der Waals surface area contributed by atoms with E-state index in [4.69, 9.17) is 5.11 Å². The van der Waals surface area contributed by atoms with Gasteiger partial charge in [-0.15, -0.1) is 0 Å². The Morgan fingerprint density at radius 1 is 1.19 bits per heavy atom. The molecule has 1 amide bonds. The van der Waals surface area contributed by atoms with Crippen LogP contribution in [0.4, 0.5) is 0 Å². The van der Waals surface area contributed by atoms with E-state index in [1.54, 1.807) is 6.07 Å². The fourth-order valence-corrected chi connectivity index (χ4v) is 3.51. The molecule has 0 radical (unpaired) electrons. The molecule has 1 aliphatic rings. The second-order valence-corrected chi connectivity index (χ2v) is 6.91. The second kappa shape index (κ2) is 8.65. The molecule has 0 aliphatic heterocycles. The van der Waals surface area contributed by atoms with Gasteiger partial charge in [-0.3, -0.25) is 14.3 Å². The quantitative estimate of drug-likeness (QED) is 0.761. The highest BCUT2D eigenvalue weighted by molar-refractivity contribution is 5.92. The van der Waals surface area contributed by atoms with Gasteiger partial charge in [0.15, 0.2) is 0 Å². The first-order chi connectivity index (χ1) is 12.6. The zero-order valence-corrected chi connectivity index (χ0v) is 14.8. The minimum atomic E-state index is -0.858. The number of carbonyl (C=O) groups is 2. The van der Waals surface area contributed by atoms with E-state index in [1.807, 2.05) is 41.2 Å². The minimum Gasteiger partial charge on any atom is -0.481 e. The van der Waals surface area contributed by atoms with Crippen molar-refractivity contribution in [3.8, 4) is 0 Å². The van der Waals surface area contributed by atoms with Crippen molar-refractivity contribution < 1.29 is 14.7 Å². The molecule has 1 heterocycles. The summed E-state index contributed by atoms with van der Waals surface area (Å²) < 4.78 is 1.89. The lowest BCUT2D eigenvalue weighted by molar-refractivity contribution is -0.137. The molecule has 1 unspecified atom stereocenters. The summed E-state index contributed by atoms with van der Waals surface area (Å²) in [4.78, 5) is 23.5. The van der Waals surface area contributed by atoms with Crippen molar-refractivity contribution in [2.75, 3.05) is 0 Å². The van der Waals surface area contributed by atoms with Gasteiger partial charge in [-0.25, -0.2) is 0 Å². The summed E-state index contributed by atoms with van der Waals surface area (Å²) in [6, 6.07) is 11.7. The van der Waals surface area contributed by atoms with Gasteiger partial charge in [0.25, 0.3) is 5.91 Å². The number of hydrogen-bond donors (Lipinski definition) is 2. The Morgan fingerprint density at radius 3 is 2.62 bits per heavy atom. The van der Waals surface area contributed by atoms with Crippen LogP contribution in [-0.2, 0) is 11.2 Å². The van der Waals surface area contributed by atoms with E-state index in [0.717, 1.165) is 18.4 Å². The van der Waals surface area contributed by atoms with E-state index in [9.17, 15) is 9.59 Å². The lowest BCUT2D eigenvalue weighted by Gasteiger charge is -2.17. The third-order valence-corrected chi connectivity index (χ3v) is 4.91. The first-order valence-corrected chi connectivity index (χ1v) is 9.23. The van der Waals surface area contributed by atoms with Crippen molar-refractivity contribution in [2.45, 2.75) is 57.0 Å². The van der Waals surface area contributed by atoms with Crippen LogP contribution in [0.5, 0.6) is 0 Å². The maximum atomic E-state index is 12.6. The van der Waals surface area contributed by atoms with Crippen molar-refractivity contribution in [3.63, 3.8) is 0 Å². The largest absolute Gasteiger partial charge is 0.481 e. The molecule has 0 saturated heterocycles. The molecule has 0 bridgehead atoms. The van der Waals surface area contributed by atoms with Crippen LogP contribution in [0.1, 0.15) is 60.6 Å². The Morgan fingerprint density at radius 2 is 1.92 bits per heavy atom. The number of hydrogen-bond acceptors (Lipinski definition) is 3. The van der Waals surface area contributed by atoms with Gasteiger partial charge >= 0.3 is 5.97 Å². The van der Waals surface area contributed by atoms with Gasteiger partial charge in [-0.1, -0.05) is 43.2 Å². The van der Waals surface area contributed by atoms with E-state index >= 15 is 0 Å². The average molecular weight is 355 g/mol. The third kappa shape index (κ3) is 4.94. The molecule has 1 atom stereocenters. The van der Waals surface area contributed by atoms with E-state index in [-0.39, 0.29) is 18.4 Å². The number of aliphatic carboxylic acids is 1. The van der Waals surface area contributed by atoms with Gasteiger partial charge in [0.1, 0.15) is 5.69 Å². The van der Waals surface area contributed by atoms with Gasteiger partial charge in [-0.2, -0.15) is 5.10 Å². The topological polar surface area (TPSA) is 84.2 Å². The first-order valence-electron chi connectivity index (χ1n) is 9.23. The van der Waals surface area contributed by atoms with Gasteiger partial charge in [-0.05, 0) is 37.3 Å². The second-order valence-electron chi connectivity index (χ2n) is 6.91. The standard InChI is InChI=1S/C20H25N3O3/c24-19(25)11-10-16(14-15-6-2-1-3-7-15)21-20(26)18-12-13-23(22-18)17-8-4-5-9-17/h1-3,6-7,12-13,16-17H,4-5,8-11,14H2,(H,21,26)(H,24,25). The van der Waals surface area contributed by atoms with Crippen LogP contribution in [0.3, 0.4) is 0 Å². The summed E-state index contributed by atoms with van der Waals surface area (Å²) in [5, 5.41) is 16.4. The predicted octanol–water partition coefficient (Wildman–Crippen LogP) is 3.20. The molecule has 26 heavy (non-hydrogen) atoms. The van der Waals surface area contributed by atoms with E-state index < -0.39 is 5.97 Å². The highest BCUT2D eigenvalue weighted by Crippen LogP contribution is 2.28. The zero-order valence-electron chi connectivity index (χ0n) is 14.8. The van der Waals surface area contributed by atoms with Crippen LogP contribution >= 0.6 is 0 Å². The molecule has 6 heteroatoms. The lowest BCUT2D eigenvalue weighted by atomic mass is 10.0. The fourth-order valence-electron chi connectivity index (χ4n) is 3.51. The molecule has 1 aromatic heterocycles. The Bertz CT molecular complexity index is 736. The maximum absolute atomic E-state index is 12.6. The Kier molecular flexibility index (Phi) is 6.04. The molecule has 3 rings (SSSR count). The Balaban J connectivity index is 1.64. The van der Waals surface area contributed by atoms with Crippen molar-refractivity contribution in [1.29, 1.82) is 0 Å². The highest BCUT2D eigenvalue weighted by atomic mass is 16.4. The number of rotatable bonds is 8. The zero-order chi connectivity index (χ0) is 18.4. The highest BCUT2D eigenvalue weighted by Gasteiger charge is 2.21. The molecule has 1 fully saturated rings. The van der Waals surface area contributed by atoms with Crippen LogP contribution in [0.2, 0.25) is 0 Å². The van der Waals surface area contributed by atoms with Crippen LogP contribution in [-0.4, -0.2) is 32.8 Å². The minimum absolute atomic E-state index is 0.0221. The normalized spacial score (nSPS) is 15.7. The lowest BCUT2D eigenvalue weighted by Crippen LogP contribution is -2.37. The van der Waals surface area contributed by atoms with Gasteiger partial charge < -0.3 is 10.4 Å². The predicted molar refractivity (Wildman–Crippen MR) is 98.0 cm³/mol. The first kappa shape index (κ1) is 18.2. The summed E-state index contributed by atoms with van der Waals surface area (Å²) in [6.07, 6.45) is 7.52. The molecule has 6 nitrogen and oxygen atoms in total. The van der Waals surface area contributed by atoms with E-state index in [1.165, 1.54) is 12.8 Å². The molecule has 0 spiro atoms. The van der Waals surface area contributed by atoms with Crippen LogP contribution in [0.15, 0.2) is 42.6 Å². The number of aromatic nitrogens is 2. The summed E-state index contributed by atoms with van der Waals surface area (Å²) >= 11 is 0. The molecule has 138 valence electrons. The SMILES string of the molecule is O=C(O)CCC(Cc1ccccc1)NC(=O)c1ccn(C2CCCC2)n1. The van der Waals surface area contributed by atoms with Gasteiger partial charge in [0, 0.05) is 18.7 Å². The molecule has 1 saturated carbocycles. The molecule has 2 aromatic rings. The number of nitrogens with one attached hydrogen (secondary N) is 1. The number of benzene rings is 1. The van der Waals surface area contributed by atoms with Crippen molar-refractivity contribution in [1.82, 2.24) is 15.1 Å². The van der Waals surface area contributed by atoms with Gasteiger partial charge in [0.05, 0.1) is 6.04 Å². The third-order valence-electron chi connectivity index (χ3n) is 4.91. The average Bonchev–Trinajstić information content (AvgIpc) is 3.31. The van der Waals surface area contributed by atoms with Crippen LogP contribution < -0.4 is 5.32 Å². The number of amides is 1. The summed E-state index contributed by atoms with van der Waals surface area (Å²) in [6.45, 7) is 0. The van der Waals surface area contributed by atoms with Crippen molar-refractivity contribution in [2.24, 2.45) is 0 Å². The summed E-state index contributed by atoms with van der Waals surface area (Å²) in [7, 11) is 0. The number of carboxylic acids is 1. The summed E-state index contributed by atoms with van der Waals surface area (Å²) in [5.74, 6) is -1.10. The molecular formula is C20H25N3O3. The van der Waals surface area contributed by atoms with E-state index in [0.29, 0.717) is 24.6 Å².